The Morgan fingerprint density at radius 2 is 2.26 bits per heavy atom. The van der Waals surface area contributed by atoms with Crippen LogP contribution in [0.4, 0.5) is 15.8 Å². The highest BCUT2D eigenvalue weighted by molar-refractivity contribution is 5.64. The summed E-state index contributed by atoms with van der Waals surface area (Å²) in [5.74, 6) is -0.563. The van der Waals surface area contributed by atoms with Gasteiger partial charge in [-0.2, -0.15) is 0 Å². The molecule has 2 fully saturated rings. The van der Waals surface area contributed by atoms with Crippen LogP contribution in [-0.2, 0) is 0 Å². The second-order valence-electron chi connectivity index (χ2n) is 5.49. The third-order valence-electron chi connectivity index (χ3n) is 4.25. The van der Waals surface area contributed by atoms with E-state index in [1.54, 1.807) is 0 Å². The zero-order valence-electron chi connectivity index (χ0n) is 10.6. The number of anilines is 1. The molecule has 1 spiro atoms. The van der Waals surface area contributed by atoms with E-state index >= 15 is 0 Å². The topological polar surface area (TPSA) is 58.4 Å². The Hall–Kier alpha value is -1.69. The molecule has 2 heterocycles. The number of benzene rings is 1. The van der Waals surface area contributed by atoms with Crippen LogP contribution >= 0.6 is 0 Å². The summed E-state index contributed by atoms with van der Waals surface area (Å²) < 4.78 is 13.2. The van der Waals surface area contributed by atoms with Crippen LogP contribution in [0.5, 0.6) is 0 Å². The van der Waals surface area contributed by atoms with E-state index in [1.807, 2.05) is 4.90 Å². The van der Waals surface area contributed by atoms with Crippen molar-refractivity contribution in [1.29, 1.82) is 0 Å². The van der Waals surface area contributed by atoms with Crippen LogP contribution in [0.15, 0.2) is 18.2 Å². The van der Waals surface area contributed by atoms with Gasteiger partial charge < -0.3 is 10.2 Å². The minimum atomic E-state index is -0.563. The normalized spacial score (nSPS) is 26.3. The summed E-state index contributed by atoms with van der Waals surface area (Å²) in [4.78, 5) is 12.6. The van der Waals surface area contributed by atoms with Crippen molar-refractivity contribution in [3.05, 3.63) is 34.1 Å². The van der Waals surface area contributed by atoms with Gasteiger partial charge in [-0.1, -0.05) is 0 Å². The van der Waals surface area contributed by atoms with Crippen LogP contribution in [0.2, 0.25) is 0 Å². The maximum absolute atomic E-state index is 13.2. The Morgan fingerprint density at radius 3 is 2.95 bits per heavy atom. The van der Waals surface area contributed by atoms with E-state index in [1.165, 1.54) is 12.1 Å². The monoisotopic (exact) mass is 265 g/mol. The Labute approximate surface area is 110 Å². The van der Waals surface area contributed by atoms with Gasteiger partial charge >= 0.3 is 0 Å². The quantitative estimate of drug-likeness (QED) is 0.655. The molecular weight excluding hydrogens is 249 g/mol. The molecule has 5 nitrogen and oxygen atoms in total. The smallest absolute Gasteiger partial charge is 0.295 e. The first-order valence-corrected chi connectivity index (χ1v) is 6.49. The lowest BCUT2D eigenvalue weighted by Gasteiger charge is -2.23. The summed E-state index contributed by atoms with van der Waals surface area (Å²) in [6.07, 6.45) is 2.15. The minimum absolute atomic E-state index is 0.136. The minimum Gasteiger partial charge on any atom is -0.365 e. The van der Waals surface area contributed by atoms with Crippen molar-refractivity contribution >= 4 is 11.4 Å². The molecule has 2 aliphatic heterocycles. The molecule has 3 rings (SSSR count). The molecule has 19 heavy (non-hydrogen) atoms. The summed E-state index contributed by atoms with van der Waals surface area (Å²) in [5, 5.41) is 14.4. The number of halogens is 1. The third-order valence-corrected chi connectivity index (χ3v) is 4.25. The number of hydrogen-bond donors (Lipinski definition) is 1. The number of nitrogens with one attached hydrogen (secondary N) is 1. The molecule has 102 valence electrons. The second-order valence-corrected chi connectivity index (χ2v) is 5.49. The molecule has 0 saturated carbocycles. The predicted molar refractivity (Wildman–Crippen MR) is 69.8 cm³/mol. The van der Waals surface area contributed by atoms with Gasteiger partial charge in [0, 0.05) is 25.0 Å². The molecule has 0 radical (unpaired) electrons. The molecule has 0 bridgehead atoms. The summed E-state index contributed by atoms with van der Waals surface area (Å²) in [6, 6.07) is 3.82. The SMILES string of the molecule is O=[N+]([O-])c1cc(F)ccc1N1CCC2(CCNC2)C1. The summed E-state index contributed by atoms with van der Waals surface area (Å²) in [6.45, 7) is 3.60. The maximum Gasteiger partial charge on any atom is 0.295 e. The van der Waals surface area contributed by atoms with Gasteiger partial charge in [0.2, 0.25) is 0 Å². The van der Waals surface area contributed by atoms with E-state index in [2.05, 4.69) is 5.32 Å². The van der Waals surface area contributed by atoms with E-state index in [4.69, 9.17) is 0 Å². The Kier molecular flexibility index (Phi) is 2.89. The molecule has 0 aliphatic carbocycles. The second kappa shape index (κ2) is 4.45. The Bertz CT molecular complexity index is 515. The van der Waals surface area contributed by atoms with Crippen LogP contribution in [0.25, 0.3) is 0 Å². The van der Waals surface area contributed by atoms with Crippen molar-refractivity contribution in [3.63, 3.8) is 0 Å². The molecular formula is C13H16FN3O2. The van der Waals surface area contributed by atoms with Gasteiger partial charge in [0.1, 0.15) is 11.5 Å². The van der Waals surface area contributed by atoms with Gasteiger partial charge in [0.15, 0.2) is 0 Å². The fraction of sp³-hybridized carbons (Fsp3) is 0.538. The Morgan fingerprint density at radius 1 is 1.42 bits per heavy atom. The molecule has 0 aromatic heterocycles. The van der Waals surface area contributed by atoms with Gasteiger partial charge in [0.25, 0.3) is 5.69 Å². The van der Waals surface area contributed by atoms with Crippen molar-refractivity contribution < 1.29 is 9.31 Å². The first-order valence-electron chi connectivity index (χ1n) is 6.49. The molecule has 1 N–H and O–H groups in total. The molecule has 1 aromatic carbocycles. The van der Waals surface area contributed by atoms with Gasteiger partial charge in [-0.05, 0) is 31.5 Å². The number of rotatable bonds is 2. The predicted octanol–water partition coefficient (Wildman–Crippen LogP) is 1.92. The fourth-order valence-electron chi connectivity index (χ4n) is 3.19. The van der Waals surface area contributed by atoms with Gasteiger partial charge in [-0.3, -0.25) is 10.1 Å². The van der Waals surface area contributed by atoms with Gasteiger partial charge in [-0.25, -0.2) is 4.39 Å². The van der Waals surface area contributed by atoms with Crippen LogP contribution < -0.4 is 10.2 Å². The van der Waals surface area contributed by atoms with E-state index in [0.717, 1.165) is 45.1 Å². The van der Waals surface area contributed by atoms with E-state index < -0.39 is 10.7 Å². The van der Waals surface area contributed by atoms with Crippen LogP contribution in [0, 0.1) is 21.3 Å². The number of nitro benzene ring substituents is 1. The summed E-state index contributed by atoms with van der Waals surface area (Å²) in [5.41, 5.74) is 0.639. The highest BCUT2D eigenvalue weighted by atomic mass is 19.1. The van der Waals surface area contributed by atoms with Crippen LogP contribution in [0.3, 0.4) is 0 Å². The van der Waals surface area contributed by atoms with Gasteiger partial charge in [0.05, 0.1) is 11.0 Å². The van der Waals surface area contributed by atoms with Crippen molar-refractivity contribution in [2.24, 2.45) is 5.41 Å². The molecule has 1 unspecified atom stereocenters. The number of hydrogen-bond acceptors (Lipinski definition) is 4. The Balaban J connectivity index is 1.89. The van der Waals surface area contributed by atoms with Crippen molar-refractivity contribution in [1.82, 2.24) is 5.32 Å². The lowest BCUT2D eigenvalue weighted by molar-refractivity contribution is -0.384. The molecule has 0 amide bonds. The van der Waals surface area contributed by atoms with E-state index in [-0.39, 0.29) is 11.1 Å². The highest BCUT2D eigenvalue weighted by Crippen LogP contribution is 2.40. The lowest BCUT2D eigenvalue weighted by atomic mass is 9.86. The van der Waals surface area contributed by atoms with Crippen LogP contribution in [-0.4, -0.2) is 31.1 Å². The van der Waals surface area contributed by atoms with Crippen molar-refractivity contribution in [2.75, 3.05) is 31.1 Å². The first kappa shape index (κ1) is 12.3. The van der Waals surface area contributed by atoms with E-state index in [0.29, 0.717) is 5.69 Å². The van der Waals surface area contributed by atoms with Gasteiger partial charge in [-0.15, -0.1) is 0 Å². The summed E-state index contributed by atoms with van der Waals surface area (Å²) >= 11 is 0. The summed E-state index contributed by atoms with van der Waals surface area (Å²) in [7, 11) is 0. The third kappa shape index (κ3) is 2.16. The lowest BCUT2D eigenvalue weighted by Crippen LogP contribution is -2.29. The largest absolute Gasteiger partial charge is 0.365 e. The van der Waals surface area contributed by atoms with E-state index in [9.17, 15) is 14.5 Å². The molecule has 1 aromatic rings. The number of nitro groups is 1. The molecule has 1 atom stereocenters. The average molecular weight is 265 g/mol. The molecule has 6 heteroatoms. The maximum atomic E-state index is 13.2. The zero-order chi connectivity index (χ0) is 13.5. The molecule has 2 aliphatic rings. The zero-order valence-corrected chi connectivity index (χ0v) is 10.6. The van der Waals surface area contributed by atoms with Crippen molar-refractivity contribution in [3.8, 4) is 0 Å². The standard InChI is InChI=1S/C13H16FN3O2/c14-10-1-2-11(12(7-10)17(18)19)16-6-4-13(9-16)3-5-15-8-13/h1-2,7,15H,3-6,8-9H2. The first-order chi connectivity index (χ1) is 9.10. The number of nitrogens with zero attached hydrogens (tertiary/aromatic N) is 2. The van der Waals surface area contributed by atoms with Crippen molar-refractivity contribution in [2.45, 2.75) is 12.8 Å². The molecule has 2 saturated heterocycles. The highest BCUT2D eigenvalue weighted by Gasteiger charge is 2.41. The van der Waals surface area contributed by atoms with Crippen LogP contribution in [0.1, 0.15) is 12.8 Å². The fourth-order valence-corrected chi connectivity index (χ4v) is 3.19. The average Bonchev–Trinajstić information content (AvgIpc) is 3.00.